The molecule has 0 aliphatic heterocycles. The Bertz CT molecular complexity index is 999. The fourth-order valence-electron chi connectivity index (χ4n) is 2.65. The lowest BCUT2D eigenvalue weighted by molar-refractivity contribution is -0.146. The van der Waals surface area contributed by atoms with E-state index in [9.17, 15) is 14.4 Å². The van der Waals surface area contributed by atoms with Gasteiger partial charge in [-0.2, -0.15) is 0 Å². The predicted octanol–water partition coefficient (Wildman–Crippen LogP) is 2.55. The smallest absolute Gasteiger partial charge is 0.373 e. The molecule has 0 spiro atoms. The highest BCUT2D eigenvalue weighted by Gasteiger charge is 2.17. The molecular formula is C19H17NO7. The molecule has 0 radical (unpaired) electrons. The zero-order valence-corrected chi connectivity index (χ0v) is 14.8. The number of aromatic nitrogens is 1. The summed E-state index contributed by atoms with van der Waals surface area (Å²) in [6.45, 7) is -0.221. The van der Waals surface area contributed by atoms with E-state index in [1.54, 1.807) is 29.0 Å². The molecule has 0 fully saturated rings. The van der Waals surface area contributed by atoms with Crippen molar-refractivity contribution in [1.82, 2.24) is 4.57 Å². The van der Waals surface area contributed by atoms with E-state index >= 15 is 0 Å². The lowest BCUT2D eigenvalue weighted by Gasteiger charge is -2.05. The molecule has 2 aromatic heterocycles. The standard InChI is InChI=1S/C19H17NO7/c1-24-18(22)14-9-20(15-6-4-3-5-13(14)15)10-17(21)26-11-12-7-8-16(27-12)19(23)25-2/h3-9H,10-11H2,1-2H3. The second-order valence-corrected chi connectivity index (χ2v) is 5.60. The number of fused-ring (bicyclic) bond motifs is 1. The number of hydrogen-bond acceptors (Lipinski definition) is 7. The Labute approximate surface area is 154 Å². The maximum atomic E-state index is 12.2. The normalized spacial score (nSPS) is 10.6. The topological polar surface area (TPSA) is 97.0 Å². The fraction of sp³-hybridized carbons (Fsp3) is 0.211. The van der Waals surface area contributed by atoms with Gasteiger partial charge in [0, 0.05) is 17.1 Å². The Hall–Kier alpha value is -3.55. The van der Waals surface area contributed by atoms with Crippen molar-refractivity contribution in [2.75, 3.05) is 14.2 Å². The van der Waals surface area contributed by atoms with Crippen LogP contribution in [0.3, 0.4) is 0 Å². The first-order valence-electron chi connectivity index (χ1n) is 8.02. The minimum atomic E-state index is -0.610. The number of hydrogen-bond donors (Lipinski definition) is 0. The molecule has 0 saturated carbocycles. The molecule has 1 aromatic carbocycles. The largest absolute Gasteiger partial charge is 0.465 e. The van der Waals surface area contributed by atoms with Gasteiger partial charge in [0.25, 0.3) is 0 Å². The van der Waals surface area contributed by atoms with Crippen molar-refractivity contribution in [3.05, 3.63) is 59.7 Å². The predicted molar refractivity (Wildman–Crippen MR) is 93.1 cm³/mol. The van der Waals surface area contributed by atoms with Crippen LogP contribution in [0.1, 0.15) is 26.7 Å². The van der Waals surface area contributed by atoms with Gasteiger partial charge in [-0.05, 0) is 18.2 Å². The number of rotatable bonds is 6. The van der Waals surface area contributed by atoms with Crippen LogP contribution in [0.15, 0.2) is 47.0 Å². The lowest BCUT2D eigenvalue weighted by atomic mass is 10.2. The molecule has 8 heteroatoms. The molecule has 140 valence electrons. The summed E-state index contributed by atoms with van der Waals surface area (Å²) in [5.41, 5.74) is 1.08. The molecule has 27 heavy (non-hydrogen) atoms. The molecule has 0 unspecified atom stereocenters. The second-order valence-electron chi connectivity index (χ2n) is 5.60. The first-order chi connectivity index (χ1) is 13.0. The van der Waals surface area contributed by atoms with Crippen molar-refractivity contribution in [2.24, 2.45) is 0 Å². The van der Waals surface area contributed by atoms with E-state index in [1.165, 1.54) is 26.4 Å². The zero-order valence-electron chi connectivity index (χ0n) is 14.8. The average molecular weight is 371 g/mol. The number of carbonyl (C=O) groups excluding carboxylic acids is 3. The zero-order chi connectivity index (χ0) is 19.4. The average Bonchev–Trinajstić information content (AvgIpc) is 3.30. The van der Waals surface area contributed by atoms with E-state index in [4.69, 9.17) is 13.9 Å². The molecule has 0 amide bonds. The van der Waals surface area contributed by atoms with Crippen LogP contribution in [-0.2, 0) is 32.2 Å². The number of esters is 3. The number of benzene rings is 1. The number of nitrogens with zero attached hydrogens (tertiary/aromatic N) is 1. The van der Waals surface area contributed by atoms with E-state index < -0.39 is 17.9 Å². The van der Waals surface area contributed by atoms with E-state index in [0.29, 0.717) is 22.2 Å². The number of ether oxygens (including phenoxy) is 3. The van der Waals surface area contributed by atoms with Crippen molar-refractivity contribution < 1.29 is 33.0 Å². The van der Waals surface area contributed by atoms with Gasteiger partial charge in [0.05, 0.1) is 19.8 Å². The highest BCUT2D eigenvalue weighted by atomic mass is 16.6. The summed E-state index contributed by atoms with van der Waals surface area (Å²) in [5.74, 6) is -1.27. The summed E-state index contributed by atoms with van der Waals surface area (Å²) in [4.78, 5) is 35.4. The van der Waals surface area contributed by atoms with Crippen molar-refractivity contribution in [2.45, 2.75) is 13.2 Å². The van der Waals surface area contributed by atoms with Crippen LogP contribution in [0.5, 0.6) is 0 Å². The van der Waals surface area contributed by atoms with Crippen LogP contribution >= 0.6 is 0 Å². The quantitative estimate of drug-likeness (QED) is 0.485. The first kappa shape index (κ1) is 18.2. The van der Waals surface area contributed by atoms with E-state index in [0.717, 1.165) is 0 Å². The summed E-state index contributed by atoms with van der Waals surface area (Å²) in [6, 6.07) is 10.2. The van der Waals surface area contributed by atoms with Crippen molar-refractivity contribution >= 4 is 28.8 Å². The fourth-order valence-corrected chi connectivity index (χ4v) is 2.65. The Morgan fingerprint density at radius 3 is 2.48 bits per heavy atom. The van der Waals surface area contributed by atoms with Crippen LogP contribution in [0.2, 0.25) is 0 Å². The van der Waals surface area contributed by atoms with Gasteiger partial charge >= 0.3 is 17.9 Å². The van der Waals surface area contributed by atoms with Crippen molar-refractivity contribution in [3.8, 4) is 0 Å². The monoisotopic (exact) mass is 371 g/mol. The van der Waals surface area contributed by atoms with E-state index in [-0.39, 0.29) is 18.9 Å². The van der Waals surface area contributed by atoms with Crippen LogP contribution in [0, 0.1) is 0 Å². The molecule has 0 aliphatic rings. The number of furan rings is 1. The highest BCUT2D eigenvalue weighted by molar-refractivity contribution is 6.04. The minimum Gasteiger partial charge on any atom is -0.465 e. The lowest BCUT2D eigenvalue weighted by Crippen LogP contribution is -2.12. The molecule has 0 bridgehead atoms. The Kier molecular flexibility index (Phi) is 5.25. The molecule has 0 aliphatic carbocycles. The summed E-state index contributed by atoms with van der Waals surface area (Å²) >= 11 is 0. The summed E-state index contributed by atoms with van der Waals surface area (Å²) in [6.07, 6.45) is 1.56. The van der Waals surface area contributed by atoms with Crippen LogP contribution in [-0.4, -0.2) is 36.7 Å². The Balaban J connectivity index is 1.70. The Morgan fingerprint density at radius 1 is 1.00 bits per heavy atom. The van der Waals surface area contributed by atoms with Gasteiger partial charge in [-0.1, -0.05) is 18.2 Å². The second kappa shape index (κ2) is 7.77. The molecular weight excluding hydrogens is 354 g/mol. The SMILES string of the molecule is COC(=O)c1ccc(COC(=O)Cn2cc(C(=O)OC)c3ccccc32)o1. The van der Waals surface area contributed by atoms with Gasteiger partial charge in [0.2, 0.25) is 5.76 Å². The van der Waals surface area contributed by atoms with Crippen LogP contribution in [0.4, 0.5) is 0 Å². The third kappa shape index (κ3) is 3.84. The summed E-state index contributed by atoms with van der Waals surface area (Å²) in [5, 5.41) is 0.686. The third-order valence-corrected chi connectivity index (χ3v) is 3.92. The molecule has 8 nitrogen and oxygen atoms in total. The van der Waals surface area contributed by atoms with Gasteiger partial charge in [-0.3, -0.25) is 4.79 Å². The van der Waals surface area contributed by atoms with Gasteiger partial charge in [-0.15, -0.1) is 0 Å². The third-order valence-electron chi connectivity index (χ3n) is 3.92. The minimum absolute atomic E-state index is 0.0303. The maximum Gasteiger partial charge on any atom is 0.373 e. The van der Waals surface area contributed by atoms with Gasteiger partial charge in [-0.25, -0.2) is 9.59 Å². The van der Waals surface area contributed by atoms with Crippen molar-refractivity contribution in [3.63, 3.8) is 0 Å². The molecule has 0 saturated heterocycles. The van der Waals surface area contributed by atoms with Gasteiger partial charge in [0.1, 0.15) is 18.9 Å². The number of methoxy groups -OCH3 is 2. The van der Waals surface area contributed by atoms with Crippen molar-refractivity contribution in [1.29, 1.82) is 0 Å². The summed E-state index contributed by atoms with van der Waals surface area (Å²) in [7, 11) is 2.54. The van der Waals surface area contributed by atoms with Gasteiger partial charge in [0.15, 0.2) is 0 Å². The van der Waals surface area contributed by atoms with Crippen LogP contribution in [0.25, 0.3) is 10.9 Å². The summed E-state index contributed by atoms with van der Waals surface area (Å²) < 4.78 is 21.4. The molecule has 0 N–H and O–H groups in total. The Morgan fingerprint density at radius 2 is 1.74 bits per heavy atom. The number of para-hydroxylation sites is 1. The van der Waals surface area contributed by atoms with E-state index in [2.05, 4.69) is 4.74 Å². The maximum absolute atomic E-state index is 12.2. The molecule has 2 heterocycles. The first-order valence-corrected chi connectivity index (χ1v) is 8.02. The highest BCUT2D eigenvalue weighted by Crippen LogP contribution is 2.22. The van der Waals surface area contributed by atoms with Crippen LogP contribution < -0.4 is 0 Å². The molecule has 3 aromatic rings. The molecule has 3 rings (SSSR count). The van der Waals surface area contributed by atoms with E-state index in [1.807, 2.05) is 6.07 Å². The number of carbonyl (C=O) groups is 3. The van der Waals surface area contributed by atoms with Gasteiger partial charge < -0.3 is 23.2 Å². The molecule has 0 atom stereocenters.